The first-order valence-corrected chi connectivity index (χ1v) is 6.75. The Labute approximate surface area is 111 Å². The highest BCUT2D eigenvalue weighted by molar-refractivity contribution is 5.78. The molecule has 0 aliphatic carbocycles. The Hall–Kier alpha value is -1.68. The number of likely N-dealkylation sites (tertiary alicyclic amines) is 1. The lowest BCUT2D eigenvalue weighted by atomic mass is 10.2. The third kappa shape index (κ3) is 2.54. The number of nitrogens with zero attached hydrogens (tertiary/aromatic N) is 2. The van der Waals surface area contributed by atoms with Crippen LogP contribution in [-0.2, 0) is 6.54 Å². The van der Waals surface area contributed by atoms with Gasteiger partial charge < -0.3 is 9.47 Å². The van der Waals surface area contributed by atoms with E-state index in [4.69, 9.17) is 0 Å². The average Bonchev–Trinajstić information content (AvgIpc) is 2.91. The maximum absolute atomic E-state index is 13.4. The van der Waals surface area contributed by atoms with Crippen LogP contribution < -0.4 is 5.56 Å². The minimum Gasteiger partial charge on any atom is -0.307 e. The third-order valence-corrected chi connectivity index (χ3v) is 3.79. The number of fused-ring (bicyclic) bond motifs is 1. The van der Waals surface area contributed by atoms with E-state index < -0.39 is 0 Å². The zero-order valence-electron chi connectivity index (χ0n) is 10.8. The molecule has 3 nitrogen and oxygen atoms in total. The third-order valence-electron chi connectivity index (χ3n) is 3.79. The van der Waals surface area contributed by atoms with Gasteiger partial charge in [0.05, 0.1) is 5.52 Å². The van der Waals surface area contributed by atoms with Crippen LogP contribution in [0.15, 0.2) is 35.1 Å². The predicted molar refractivity (Wildman–Crippen MR) is 73.8 cm³/mol. The molecule has 2 heterocycles. The molecule has 1 aromatic heterocycles. The van der Waals surface area contributed by atoms with Crippen molar-refractivity contribution in [2.24, 2.45) is 0 Å². The van der Waals surface area contributed by atoms with E-state index in [1.165, 1.54) is 25.0 Å². The van der Waals surface area contributed by atoms with E-state index in [1.807, 2.05) is 0 Å². The molecule has 0 radical (unpaired) electrons. The van der Waals surface area contributed by atoms with Crippen LogP contribution in [0.25, 0.3) is 10.9 Å². The first-order chi connectivity index (χ1) is 9.24. The summed E-state index contributed by atoms with van der Waals surface area (Å²) in [4.78, 5) is 14.3. The van der Waals surface area contributed by atoms with Crippen molar-refractivity contribution in [1.29, 1.82) is 0 Å². The summed E-state index contributed by atoms with van der Waals surface area (Å²) in [7, 11) is 0. The molecule has 0 N–H and O–H groups in total. The van der Waals surface area contributed by atoms with Crippen molar-refractivity contribution in [3.05, 3.63) is 46.5 Å². The van der Waals surface area contributed by atoms with E-state index in [2.05, 4.69) is 4.90 Å². The minimum atomic E-state index is -0.298. The molecule has 0 spiro atoms. The van der Waals surface area contributed by atoms with Crippen LogP contribution in [0.5, 0.6) is 0 Å². The van der Waals surface area contributed by atoms with Crippen LogP contribution in [-0.4, -0.2) is 29.1 Å². The quantitative estimate of drug-likeness (QED) is 0.845. The summed E-state index contributed by atoms with van der Waals surface area (Å²) in [5.41, 5.74) is 0.629. The number of aromatic nitrogens is 1. The summed E-state index contributed by atoms with van der Waals surface area (Å²) < 4.78 is 15.0. The normalized spacial score (nSPS) is 16.3. The van der Waals surface area contributed by atoms with Crippen LogP contribution >= 0.6 is 0 Å². The molecular formula is C15H17FN2O. The molecule has 3 rings (SSSR count). The van der Waals surface area contributed by atoms with Gasteiger partial charge in [-0.1, -0.05) is 0 Å². The lowest BCUT2D eigenvalue weighted by molar-refractivity contribution is 0.323. The van der Waals surface area contributed by atoms with E-state index >= 15 is 0 Å². The maximum atomic E-state index is 13.4. The van der Waals surface area contributed by atoms with E-state index in [0.717, 1.165) is 25.0 Å². The highest BCUT2D eigenvalue weighted by atomic mass is 19.1. The van der Waals surface area contributed by atoms with Gasteiger partial charge in [0.15, 0.2) is 0 Å². The van der Waals surface area contributed by atoms with Crippen LogP contribution in [0.2, 0.25) is 0 Å². The zero-order chi connectivity index (χ0) is 13.2. The van der Waals surface area contributed by atoms with Gasteiger partial charge in [-0.3, -0.25) is 4.79 Å². The monoisotopic (exact) mass is 260 g/mol. The Bertz CT molecular complexity index is 644. The zero-order valence-corrected chi connectivity index (χ0v) is 10.8. The van der Waals surface area contributed by atoms with Crippen molar-refractivity contribution in [1.82, 2.24) is 9.47 Å². The van der Waals surface area contributed by atoms with Crippen LogP contribution in [0.1, 0.15) is 12.8 Å². The fourth-order valence-corrected chi connectivity index (χ4v) is 2.74. The number of hydrogen-bond acceptors (Lipinski definition) is 2. The van der Waals surface area contributed by atoms with Crippen molar-refractivity contribution >= 4 is 10.9 Å². The molecule has 0 atom stereocenters. The van der Waals surface area contributed by atoms with Crippen molar-refractivity contribution in [3.63, 3.8) is 0 Å². The van der Waals surface area contributed by atoms with Crippen LogP contribution in [0.3, 0.4) is 0 Å². The van der Waals surface area contributed by atoms with Gasteiger partial charge in [0.1, 0.15) is 5.82 Å². The van der Waals surface area contributed by atoms with Gasteiger partial charge in [0.2, 0.25) is 0 Å². The average molecular weight is 260 g/mol. The molecule has 0 bridgehead atoms. The van der Waals surface area contributed by atoms with Gasteiger partial charge in [0, 0.05) is 19.2 Å². The smallest absolute Gasteiger partial charge is 0.251 e. The number of rotatable bonds is 3. The van der Waals surface area contributed by atoms with E-state index in [-0.39, 0.29) is 11.4 Å². The predicted octanol–water partition coefficient (Wildman–Crippen LogP) is 2.24. The van der Waals surface area contributed by atoms with Crippen molar-refractivity contribution in [2.75, 3.05) is 19.6 Å². The number of halogens is 1. The molecule has 0 amide bonds. The van der Waals surface area contributed by atoms with Crippen molar-refractivity contribution in [2.45, 2.75) is 19.4 Å². The molecule has 0 saturated carbocycles. The van der Waals surface area contributed by atoms with Gasteiger partial charge >= 0.3 is 0 Å². The summed E-state index contributed by atoms with van der Waals surface area (Å²) in [5.74, 6) is -0.298. The standard InChI is InChI=1S/C15H17FN2O/c16-13-5-3-12-4-6-15(19)18(14(12)11-13)10-9-17-7-1-2-8-17/h3-6,11H,1-2,7-10H2. The van der Waals surface area contributed by atoms with Crippen molar-refractivity contribution < 1.29 is 4.39 Å². The Kier molecular flexibility index (Phi) is 3.34. The molecular weight excluding hydrogens is 243 g/mol. The lowest BCUT2D eigenvalue weighted by Crippen LogP contribution is -2.29. The molecule has 19 heavy (non-hydrogen) atoms. The fourth-order valence-electron chi connectivity index (χ4n) is 2.74. The number of benzene rings is 1. The maximum Gasteiger partial charge on any atom is 0.251 e. The van der Waals surface area contributed by atoms with Gasteiger partial charge in [-0.25, -0.2) is 4.39 Å². The van der Waals surface area contributed by atoms with E-state index in [9.17, 15) is 9.18 Å². The lowest BCUT2D eigenvalue weighted by Gasteiger charge is -2.16. The number of hydrogen-bond donors (Lipinski definition) is 0. The van der Waals surface area contributed by atoms with E-state index in [1.54, 1.807) is 22.8 Å². The summed E-state index contributed by atoms with van der Waals surface area (Å²) in [6.07, 6.45) is 2.47. The van der Waals surface area contributed by atoms with Gasteiger partial charge in [0.25, 0.3) is 5.56 Å². The van der Waals surface area contributed by atoms with Crippen LogP contribution in [0.4, 0.5) is 4.39 Å². The largest absolute Gasteiger partial charge is 0.307 e. The number of pyridine rings is 1. The minimum absolute atomic E-state index is 0.0581. The molecule has 4 heteroatoms. The van der Waals surface area contributed by atoms with Gasteiger partial charge in [-0.05, 0) is 55.6 Å². The molecule has 100 valence electrons. The van der Waals surface area contributed by atoms with Crippen molar-refractivity contribution in [3.8, 4) is 0 Å². The summed E-state index contributed by atoms with van der Waals surface area (Å²) in [5, 5.41) is 0.905. The van der Waals surface area contributed by atoms with E-state index in [0.29, 0.717) is 12.1 Å². The Morgan fingerprint density at radius 3 is 2.58 bits per heavy atom. The first kappa shape index (κ1) is 12.4. The SMILES string of the molecule is O=c1ccc2ccc(F)cc2n1CCN1CCCC1. The van der Waals surface area contributed by atoms with Crippen LogP contribution in [0, 0.1) is 5.82 Å². The molecule has 1 saturated heterocycles. The second-order valence-corrected chi connectivity index (χ2v) is 5.08. The molecule has 1 aromatic carbocycles. The highest BCUT2D eigenvalue weighted by Crippen LogP contribution is 2.14. The molecule has 0 unspecified atom stereocenters. The van der Waals surface area contributed by atoms with Gasteiger partial charge in [-0.15, -0.1) is 0 Å². The molecule has 1 aliphatic rings. The summed E-state index contributed by atoms with van der Waals surface area (Å²) in [6, 6.07) is 7.91. The molecule has 1 fully saturated rings. The molecule has 2 aromatic rings. The van der Waals surface area contributed by atoms with Gasteiger partial charge in [-0.2, -0.15) is 0 Å². The fraction of sp³-hybridized carbons (Fsp3) is 0.400. The summed E-state index contributed by atoms with van der Waals surface area (Å²) >= 11 is 0. The second-order valence-electron chi connectivity index (χ2n) is 5.08. The molecule has 1 aliphatic heterocycles. The summed E-state index contributed by atoms with van der Waals surface area (Å²) in [6.45, 7) is 3.69. The Morgan fingerprint density at radius 1 is 1.05 bits per heavy atom. The topological polar surface area (TPSA) is 25.2 Å². The Balaban J connectivity index is 1.93. The second kappa shape index (κ2) is 5.13. The highest BCUT2D eigenvalue weighted by Gasteiger charge is 2.12. The first-order valence-electron chi connectivity index (χ1n) is 6.75. The Morgan fingerprint density at radius 2 is 1.79 bits per heavy atom.